The molecule has 0 heterocycles. The first kappa shape index (κ1) is 16.8. The summed E-state index contributed by atoms with van der Waals surface area (Å²) in [5.41, 5.74) is -0.0134. The van der Waals surface area contributed by atoms with Gasteiger partial charge in [-0.3, -0.25) is 4.79 Å². The van der Waals surface area contributed by atoms with Gasteiger partial charge in [0.15, 0.2) is 6.61 Å². The van der Waals surface area contributed by atoms with Crippen LogP contribution >= 0.6 is 0 Å². The molecule has 0 unspecified atom stereocenters. The van der Waals surface area contributed by atoms with E-state index < -0.39 is 5.97 Å². The highest BCUT2D eigenvalue weighted by Crippen LogP contribution is 2.23. The van der Waals surface area contributed by atoms with Crippen molar-refractivity contribution in [3.63, 3.8) is 0 Å². The van der Waals surface area contributed by atoms with Crippen LogP contribution in [0.15, 0.2) is 18.2 Å². The Morgan fingerprint density at radius 2 is 1.95 bits per heavy atom. The van der Waals surface area contributed by atoms with Gasteiger partial charge in [-0.25, -0.2) is 4.79 Å². The Morgan fingerprint density at radius 1 is 1.29 bits per heavy atom. The molecular formula is C15H21NO5. The molecule has 0 aliphatic heterocycles. The summed E-state index contributed by atoms with van der Waals surface area (Å²) in [5.74, 6) is -0.682. The molecule has 0 radical (unpaired) electrons. The van der Waals surface area contributed by atoms with E-state index in [-0.39, 0.29) is 35.8 Å². The van der Waals surface area contributed by atoms with Crippen molar-refractivity contribution in [3.8, 4) is 11.5 Å². The minimum Gasteiger partial charge on any atom is -0.507 e. The predicted octanol–water partition coefficient (Wildman–Crippen LogP) is 1.72. The molecular weight excluding hydrogens is 274 g/mol. The topological polar surface area (TPSA) is 84.9 Å². The van der Waals surface area contributed by atoms with Crippen LogP contribution < -0.4 is 10.1 Å². The van der Waals surface area contributed by atoms with Gasteiger partial charge < -0.3 is 19.9 Å². The van der Waals surface area contributed by atoms with Crippen molar-refractivity contribution in [3.05, 3.63) is 23.8 Å². The van der Waals surface area contributed by atoms with E-state index in [2.05, 4.69) is 5.32 Å². The quantitative estimate of drug-likeness (QED) is 0.781. The molecule has 0 saturated carbocycles. The molecule has 1 aromatic carbocycles. The second-order valence-corrected chi connectivity index (χ2v) is 5.06. The molecule has 1 aromatic rings. The number of methoxy groups -OCH3 is 1. The van der Waals surface area contributed by atoms with Gasteiger partial charge in [-0.2, -0.15) is 0 Å². The number of rotatable bonds is 6. The molecule has 0 spiro atoms. The fourth-order valence-corrected chi connectivity index (χ4v) is 1.48. The number of hydrogen-bond acceptors (Lipinski definition) is 5. The van der Waals surface area contributed by atoms with Crippen LogP contribution in [0.3, 0.4) is 0 Å². The third kappa shape index (κ3) is 4.98. The lowest BCUT2D eigenvalue weighted by molar-refractivity contribution is -0.125. The normalized spacial score (nSPS) is 11.9. The number of nitrogens with one attached hydrogen (secondary N) is 1. The fraction of sp³-hybridized carbons (Fsp3) is 0.467. The maximum Gasteiger partial charge on any atom is 0.342 e. The Kier molecular flexibility index (Phi) is 6.02. The van der Waals surface area contributed by atoms with Crippen molar-refractivity contribution >= 4 is 11.9 Å². The predicted molar refractivity (Wildman–Crippen MR) is 77.4 cm³/mol. The SMILES string of the molecule is COc1ccc(C(=O)OCC(=O)N[C@H](C)C(C)C)c(O)c1. The average Bonchev–Trinajstić information content (AvgIpc) is 2.44. The smallest absolute Gasteiger partial charge is 0.342 e. The highest BCUT2D eigenvalue weighted by Gasteiger charge is 2.16. The van der Waals surface area contributed by atoms with E-state index in [1.165, 1.54) is 25.3 Å². The number of phenolic OH excluding ortho intramolecular Hbond substituents is 1. The first-order valence-electron chi connectivity index (χ1n) is 6.68. The van der Waals surface area contributed by atoms with Crippen molar-refractivity contribution in [2.75, 3.05) is 13.7 Å². The van der Waals surface area contributed by atoms with Crippen molar-refractivity contribution in [2.45, 2.75) is 26.8 Å². The lowest BCUT2D eigenvalue weighted by Crippen LogP contribution is -2.38. The van der Waals surface area contributed by atoms with Gasteiger partial charge in [0, 0.05) is 12.1 Å². The van der Waals surface area contributed by atoms with Crippen LogP contribution in [-0.2, 0) is 9.53 Å². The van der Waals surface area contributed by atoms with E-state index in [0.717, 1.165) is 0 Å². The summed E-state index contributed by atoms with van der Waals surface area (Å²) in [6, 6.07) is 4.20. The third-order valence-electron chi connectivity index (χ3n) is 3.15. The maximum absolute atomic E-state index is 11.8. The van der Waals surface area contributed by atoms with Crippen molar-refractivity contribution in [1.29, 1.82) is 0 Å². The van der Waals surface area contributed by atoms with Crippen molar-refractivity contribution in [1.82, 2.24) is 5.32 Å². The maximum atomic E-state index is 11.8. The average molecular weight is 295 g/mol. The minimum atomic E-state index is -0.762. The molecule has 0 aromatic heterocycles. The van der Waals surface area contributed by atoms with Gasteiger partial charge in [-0.15, -0.1) is 0 Å². The molecule has 2 N–H and O–H groups in total. The molecule has 0 saturated heterocycles. The Balaban J connectivity index is 2.56. The Labute approximate surface area is 124 Å². The van der Waals surface area contributed by atoms with Crippen molar-refractivity contribution in [2.24, 2.45) is 5.92 Å². The number of phenols is 1. The van der Waals surface area contributed by atoms with Gasteiger partial charge in [0.25, 0.3) is 5.91 Å². The number of amides is 1. The molecule has 116 valence electrons. The molecule has 0 aliphatic carbocycles. The molecule has 0 fully saturated rings. The van der Waals surface area contributed by atoms with Crippen LogP contribution in [0.5, 0.6) is 11.5 Å². The van der Waals surface area contributed by atoms with Crippen LogP contribution in [0, 0.1) is 5.92 Å². The molecule has 6 nitrogen and oxygen atoms in total. The molecule has 0 bridgehead atoms. The van der Waals surface area contributed by atoms with Crippen LogP contribution in [0.25, 0.3) is 0 Å². The van der Waals surface area contributed by atoms with Gasteiger partial charge >= 0.3 is 5.97 Å². The Hall–Kier alpha value is -2.24. The second-order valence-electron chi connectivity index (χ2n) is 5.06. The van der Waals surface area contributed by atoms with E-state index in [1.54, 1.807) is 0 Å². The van der Waals surface area contributed by atoms with Gasteiger partial charge in [0.1, 0.15) is 17.1 Å². The van der Waals surface area contributed by atoms with E-state index in [0.29, 0.717) is 5.75 Å². The van der Waals surface area contributed by atoms with E-state index in [9.17, 15) is 14.7 Å². The number of ether oxygens (including phenoxy) is 2. The van der Waals surface area contributed by atoms with Crippen LogP contribution in [0.2, 0.25) is 0 Å². The monoisotopic (exact) mass is 295 g/mol. The lowest BCUT2D eigenvalue weighted by Gasteiger charge is -2.17. The number of carbonyl (C=O) groups excluding carboxylic acids is 2. The van der Waals surface area contributed by atoms with Gasteiger partial charge in [0.05, 0.1) is 7.11 Å². The minimum absolute atomic E-state index is 0.00871. The van der Waals surface area contributed by atoms with Crippen LogP contribution in [0.1, 0.15) is 31.1 Å². The third-order valence-corrected chi connectivity index (χ3v) is 3.15. The second kappa shape index (κ2) is 7.52. The summed E-state index contributed by atoms with van der Waals surface area (Å²) in [6.45, 7) is 5.44. The van der Waals surface area contributed by atoms with Gasteiger partial charge in [-0.05, 0) is 25.0 Å². The molecule has 1 atom stereocenters. The van der Waals surface area contributed by atoms with Gasteiger partial charge in [0.2, 0.25) is 0 Å². The van der Waals surface area contributed by atoms with Crippen molar-refractivity contribution < 1.29 is 24.2 Å². The Morgan fingerprint density at radius 3 is 2.48 bits per heavy atom. The first-order valence-corrected chi connectivity index (χ1v) is 6.68. The lowest BCUT2D eigenvalue weighted by atomic mass is 10.1. The molecule has 6 heteroatoms. The summed E-state index contributed by atoms with van der Waals surface area (Å²) in [7, 11) is 1.45. The summed E-state index contributed by atoms with van der Waals surface area (Å²) < 4.78 is 9.79. The number of hydrogen-bond donors (Lipinski definition) is 2. The first-order chi connectivity index (χ1) is 9.85. The number of aromatic hydroxyl groups is 1. The largest absolute Gasteiger partial charge is 0.507 e. The van der Waals surface area contributed by atoms with E-state index in [1.807, 2.05) is 20.8 Å². The summed E-state index contributed by atoms with van der Waals surface area (Å²) in [5, 5.41) is 12.4. The molecule has 1 rings (SSSR count). The van der Waals surface area contributed by atoms with Crippen LogP contribution in [-0.4, -0.2) is 36.7 Å². The zero-order valence-electron chi connectivity index (χ0n) is 12.7. The number of benzene rings is 1. The summed E-state index contributed by atoms with van der Waals surface area (Å²) in [6.07, 6.45) is 0. The summed E-state index contributed by atoms with van der Waals surface area (Å²) in [4.78, 5) is 23.4. The number of esters is 1. The standard InChI is InChI=1S/C15H21NO5/c1-9(2)10(3)16-14(18)8-21-15(19)12-6-5-11(20-4)7-13(12)17/h5-7,9-10,17H,8H2,1-4H3,(H,16,18)/t10-/m1/s1. The Bertz CT molecular complexity index is 513. The zero-order valence-corrected chi connectivity index (χ0v) is 12.7. The van der Waals surface area contributed by atoms with Gasteiger partial charge in [-0.1, -0.05) is 13.8 Å². The fourth-order valence-electron chi connectivity index (χ4n) is 1.48. The molecule has 0 aliphatic rings. The summed E-state index contributed by atoms with van der Waals surface area (Å²) >= 11 is 0. The zero-order chi connectivity index (χ0) is 16.0. The number of carbonyl (C=O) groups is 2. The van der Waals surface area contributed by atoms with E-state index in [4.69, 9.17) is 9.47 Å². The van der Waals surface area contributed by atoms with E-state index >= 15 is 0 Å². The highest BCUT2D eigenvalue weighted by atomic mass is 16.5. The molecule has 1 amide bonds. The highest BCUT2D eigenvalue weighted by molar-refractivity contribution is 5.94. The van der Waals surface area contributed by atoms with Crippen LogP contribution in [0.4, 0.5) is 0 Å². The molecule has 21 heavy (non-hydrogen) atoms.